The van der Waals surface area contributed by atoms with Crippen molar-refractivity contribution in [1.29, 1.82) is 0 Å². The second-order valence-corrected chi connectivity index (χ2v) is 5.54. The molecule has 0 aliphatic rings. The number of aromatic nitrogens is 2. The number of nitrogens with zero attached hydrogens (tertiary/aromatic N) is 1. The number of H-pyrrole nitrogens is 1. The number of imidazole rings is 1. The monoisotopic (exact) mass is 271 g/mol. The van der Waals surface area contributed by atoms with Crippen molar-refractivity contribution in [3.8, 4) is 0 Å². The fourth-order valence-corrected chi connectivity index (χ4v) is 3.13. The van der Waals surface area contributed by atoms with Gasteiger partial charge in [-0.15, -0.1) is 11.3 Å². The first-order valence-corrected chi connectivity index (χ1v) is 7.45. The summed E-state index contributed by atoms with van der Waals surface area (Å²) in [7, 11) is 0. The second-order valence-electron chi connectivity index (χ2n) is 4.56. The highest BCUT2D eigenvalue weighted by Crippen LogP contribution is 2.22. The lowest BCUT2D eigenvalue weighted by Gasteiger charge is -2.14. The van der Waals surface area contributed by atoms with Crippen molar-refractivity contribution in [2.75, 3.05) is 0 Å². The van der Waals surface area contributed by atoms with E-state index >= 15 is 0 Å². The summed E-state index contributed by atoms with van der Waals surface area (Å²) in [6, 6.07) is 12.8. The first-order valence-electron chi connectivity index (χ1n) is 6.57. The maximum absolute atomic E-state index is 4.59. The highest BCUT2D eigenvalue weighted by molar-refractivity contribution is 7.10. The van der Waals surface area contributed by atoms with Crippen LogP contribution in [0.25, 0.3) is 11.0 Å². The molecule has 2 aromatic heterocycles. The van der Waals surface area contributed by atoms with E-state index in [1.165, 1.54) is 4.88 Å². The molecule has 1 aromatic carbocycles. The van der Waals surface area contributed by atoms with E-state index < -0.39 is 0 Å². The molecule has 1 atom stereocenters. The van der Waals surface area contributed by atoms with Crippen LogP contribution >= 0.6 is 11.3 Å². The third kappa shape index (κ3) is 2.69. The standard InChI is InChI=1S/C15H17N3S/c1-2-11(14-8-5-9-19-14)16-10-15-17-12-6-3-4-7-13(12)18-15/h3-9,11,16H,2,10H2,1H3,(H,17,18). The van der Waals surface area contributed by atoms with Gasteiger partial charge in [-0.05, 0) is 30.0 Å². The average molecular weight is 271 g/mol. The van der Waals surface area contributed by atoms with E-state index in [-0.39, 0.29) is 0 Å². The predicted molar refractivity (Wildman–Crippen MR) is 80.3 cm³/mol. The molecule has 3 rings (SSSR count). The van der Waals surface area contributed by atoms with E-state index in [0.29, 0.717) is 6.04 Å². The molecule has 0 aliphatic carbocycles. The number of hydrogen-bond donors (Lipinski definition) is 2. The van der Waals surface area contributed by atoms with Crippen LogP contribution in [0.5, 0.6) is 0 Å². The Morgan fingerprint density at radius 3 is 2.89 bits per heavy atom. The zero-order valence-electron chi connectivity index (χ0n) is 10.9. The number of benzene rings is 1. The molecule has 0 radical (unpaired) electrons. The van der Waals surface area contributed by atoms with Crippen LogP contribution in [0.4, 0.5) is 0 Å². The number of nitrogens with one attached hydrogen (secondary N) is 2. The molecule has 2 heterocycles. The quantitative estimate of drug-likeness (QED) is 0.739. The summed E-state index contributed by atoms with van der Waals surface area (Å²) in [5.41, 5.74) is 2.13. The van der Waals surface area contributed by atoms with Crippen LogP contribution < -0.4 is 5.32 Å². The first kappa shape index (κ1) is 12.4. The second kappa shape index (κ2) is 5.55. The van der Waals surface area contributed by atoms with Gasteiger partial charge in [0.2, 0.25) is 0 Å². The molecule has 4 heteroatoms. The van der Waals surface area contributed by atoms with Gasteiger partial charge in [0.15, 0.2) is 0 Å². The minimum Gasteiger partial charge on any atom is -0.341 e. The molecule has 0 spiro atoms. The SMILES string of the molecule is CCC(NCc1nc2ccccc2[nH]1)c1cccs1. The first-order chi connectivity index (χ1) is 9.36. The Hall–Kier alpha value is -1.65. The molecule has 1 unspecified atom stereocenters. The third-order valence-electron chi connectivity index (χ3n) is 3.25. The van der Waals surface area contributed by atoms with Crippen LogP contribution in [0.15, 0.2) is 41.8 Å². The number of fused-ring (bicyclic) bond motifs is 1. The number of rotatable bonds is 5. The largest absolute Gasteiger partial charge is 0.341 e. The van der Waals surface area contributed by atoms with Crippen LogP contribution in [0.2, 0.25) is 0 Å². The fraction of sp³-hybridized carbons (Fsp3) is 0.267. The van der Waals surface area contributed by atoms with Crippen molar-refractivity contribution >= 4 is 22.4 Å². The molecule has 0 saturated carbocycles. The smallest absolute Gasteiger partial charge is 0.121 e. The molecule has 98 valence electrons. The summed E-state index contributed by atoms with van der Waals surface area (Å²) in [4.78, 5) is 9.32. The molecule has 0 amide bonds. The Kier molecular flexibility index (Phi) is 3.62. The van der Waals surface area contributed by atoms with Crippen molar-refractivity contribution in [2.45, 2.75) is 25.9 Å². The Morgan fingerprint density at radius 2 is 2.16 bits per heavy atom. The number of aromatic amines is 1. The molecule has 0 saturated heterocycles. The van der Waals surface area contributed by atoms with Gasteiger partial charge in [-0.1, -0.05) is 25.1 Å². The van der Waals surface area contributed by atoms with Crippen LogP contribution in [0.3, 0.4) is 0 Å². The molecule has 19 heavy (non-hydrogen) atoms. The van der Waals surface area contributed by atoms with Crippen LogP contribution in [-0.2, 0) is 6.54 Å². The lowest BCUT2D eigenvalue weighted by atomic mass is 10.2. The summed E-state index contributed by atoms with van der Waals surface area (Å²) < 4.78 is 0. The summed E-state index contributed by atoms with van der Waals surface area (Å²) in [6.07, 6.45) is 1.08. The van der Waals surface area contributed by atoms with Crippen molar-refractivity contribution in [3.05, 3.63) is 52.5 Å². The number of hydrogen-bond acceptors (Lipinski definition) is 3. The number of para-hydroxylation sites is 2. The molecule has 2 N–H and O–H groups in total. The van der Waals surface area contributed by atoms with E-state index in [1.807, 2.05) is 18.2 Å². The highest BCUT2D eigenvalue weighted by Gasteiger charge is 2.10. The minimum absolute atomic E-state index is 0.410. The van der Waals surface area contributed by atoms with Gasteiger partial charge in [0.25, 0.3) is 0 Å². The summed E-state index contributed by atoms with van der Waals surface area (Å²) in [5, 5.41) is 5.69. The van der Waals surface area contributed by atoms with Crippen LogP contribution in [0, 0.1) is 0 Å². The van der Waals surface area contributed by atoms with E-state index in [2.05, 4.69) is 45.8 Å². The van der Waals surface area contributed by atoms with Crippen LogP contribution in [-0.4, -0.2) is 9.97 Å². The molecule has 3 aromatic rings. The highest BCUT2D eigenvalue weighted by atomic mass is 32.1. The van der Waals surface area contributed by atoms with Crippen LogP contribution in [0.1, 0.15) is 30.1 Å². The van der Waals surface area contributed by atoms with Gasteiger partial charge in [-0.25, -0.2) is 4.98 Å². The van der Waals surface area contributed by atoms with Gasteiger partial charge in [-0.3, -0.25) is 0 Å². The fourth-order valence-electron chi connectivity index (χ4n) is 2.24. The van der Waals surface area contributed by atoms with Crippen molar-refractivity contribution in [2.24, 2.45) is 0 Å². The van der Waals surface area contributed by atoms with E-state index in [0.717, 1.165) is 29.8 Å². The van der Waals surface area contributed by atoms with Crippen molar-refractivity contribution in [3.63, 3.8) is 0 Å². The van der Waals surface area contributed by atoms with E-state index in [4.69, 9.17) is 0 Å². The topological polar surface area (TPSA) is 40.7 Å². The van der Waals surface area contributed by atoms with Gasteiger partial charge in [0.1, 0.15) is 5.82 Å². The van der Waals surface area contributed by atoms with Crippen molar-refractivity contribution in [1.82, 2.24) is 15.3 Å². The third-order valence-corrected chi connectivity index (χ3v) is 4.24. The molecular formula is C15H17N3S. The minimum atomic E-state index is 0.410. The Balaban J connectivity index is 1.71. The summed E-state index contributed by atoms with van der Waals surface area (Å²) >= 11 is 1.80. The number of thiophene rings is 1. The van der Waals surface area contributed by atoms with Gasteiger partial charge >= 0.3 is 0 Å². The zero-order valence-corrected chi connectivity index (χ0v) is 11.7. The molecule has 0 bridgehead atoms. The normalized spacial score (nSPS) is 12.9. The molecule has 3 nitrogen and oxygen atoms in total. The predicted octanol–water partition coefficient (Wildman–Crippen LogP) is 3.87. The maximum Gasteiger partial charge on any atom is 0.121 e. The Bertz CT molecular complexity index is 609. The summed E-state index contributed by atoms with van der Waals surface area (Å²) in [5.74, 6) is 0.996. The lowest BCUT2D eigenvalue weighted by Crippen LogP contribution is -2.20. The van der Waals surface area contributed by atoms with E-state index in [9.17, 15) is 0 Å². The van der Waals surface area contributed by atoms with Gasteiger partial charge < -0.3 is 10.3 Å². The van der Waals surface area contributed by atoms with Gasteiger partial charge in [-0.2, -0.15) is 0 Å². The zero-order chi connectivity index (χ0) is 13.1. The summed E-state index contributed by atoms with van der Waals surface area (Å²) in [6.45, 7) is 2.97. The lowest BCUT2D eigenvalue weighted by molar-refractivity contribution is 0.518. The maximum atomic E-state index is 4.59. The van der Waals surface area contributed by atoms with E-state index in [1.54, 1.807) is 11.3 Å². The van der Waals surface area contributed by atoms with Crippen molar-refractivity contribution < 1.29 is 0 Å². The Labute approximate surface area is 116 Å². The van der Waals surface area contributed by atoms with Gasteiger partial charge in [0.05, 0.1) is 17.6 Å². The average Bonchev–Trinajstić information content (AvgIpc) is 3.08. The molecule has 0 aliphatic heterocycles. The van der Waals surface area contributed by atoms with Gasteiger partial charge in [0, 0.05) is 10.9 Å². The molecular weight excluding hydrogens is 254 g/mol. The Morgan fingerprint density at radius 1 is 1.26 bits per heavy atom. The molecule has 0 fully saturated rings.